The largest absolute Gasteiger partial charge is 0.493 e. The van der Waals surface area contributed by atoms with Crippen LogP contribution in [0.25, 0.3) is 0 Å². The zero-order valence-electron chi connectivity index (χ0n) is 10.3. The van der Waals surface area contributed by atoms with Crippen LogP contribution >= 0.6 is 0 Å². The van der Waals surface area contributed by atoms with Crippen molar-refractivity contribution in [3.63, 3.8) is 0 Å². The minimum absolute atomic E-state index is 0.146. The Bertz CT molecular complexity index is 362. The zero-order chi connectivity index (χ0) is 12.1. The van der Waals surface area contributed by atoms with Gasteiger partial charge in [-0.3, -0.25) is 0 Å². The van der Waals surface area contributed by atoms with Crippen molar-refractivity contribution in [1.82, 2.24) is 4.98 Å². The number of aromatic nitrogens is 1. The second-order valence-corrected chi connectivity index (χ2v) is 4.68. The van der Waals surface area contributed by atoms with Gasteiger partial charge in [-0.1, -0.05) is 19.3 Å². The van der Waals surface area contributed by atoms with E-state index in [0.29, 0.717) is 0 Å². The average molecular weight is 236 g/mol. The van der Waals surface area contributed by atoms with Crippen LogP contribution in [0.3, 0.4) is 0 Å². The van der Waals surface area contributed by atoms with Gasteiger partial charge in [0.15, 0.2) is 11.6 Å². The minimum Gasteiger partial charge on any atom is -0.493 e. The molecule has 0 radical (unpaired) electrons. The van der Waals surface area contributed by atoms with E-state index in [1.165, 1.54) is 6.42 Å². The molecule has 1 aromatic rings. The number of aliphatic hydroxyl groups excluding tert-OH is 1. The Balaban J connectivity index is 2.17. The molecule has 4 nitrogen and oxygen atoms in total. The van der Waals surface area contributed by atoms with Gasteiger partial charge >= 0.3 is 0 Å². The SMILES string of the molecule is COc1cccnc1NC1(CO)CCCCC1. The van der Waals surface area contributed by atoms with Crippen LogP contribution < -0.4 is 10.1 Å². The van der Waals surface area contributed by atoms with Crippen molar-refractivity contribution in [2.45, 2.75) is 37.6 Å². The normalized spacial score (nSPS) is 18.7. The van der Waals surface area contributed by atoms with Gasteiger partial charge in [-0.2, -0.15) is 0 Å². The molecule has 1 aliphatic carbocycles. The summed E-state index contributed by atoms with van der Waals surface area (Å²) in [6, 6.07) is 3.72. The Morgan fingerprint density at radius 1 is 1.41 bits per heavy atom. The van der Waals surface area contributed by atoms with Crippen LogP contribution in [-0.2, 0) is 0 Å². The van der Waals surface area contributed by atoms with Crippen LogP contribution in [0.15, 0.2) is 18.3 Å². The Morgan fingerprint density at radius 3 is 2.82 bits per heavy atom. The number of nitrogens with zero attached hydrogens (tertiary/aromatic N) is 1. The van der Waals surface area contributed by atoms with E-state index in [4.69, 9.17) is 4.74 Å². The first-order valence-electron chi connectivity index (χ1n) is 6.18. The molecule has 1 fully saturated rings. The molecule has 0 bridgehead atoms. The minimum atomic E-state index is -0.222. The molecule has 0 atom stereocenters. The molecule has 0 aromatic carbocycles. The fraction of sp³-hybridized carbons (Fsp3) is 0.615. The molecule has 94 valence electrons. The smallest absolute Gasteiger partial charge is 0.169 e. The Labute approximate surface area is 102 Å². The molecule has 17 heavy (non-hydrogen) atoms. The van der Waals surface area contributed by atoms with Crippen molar-refractivity contribution in [3.8, 4) is 5.75 Å². The summed E-state index contributed by atoms with van der Waals surface area (Å²) < 4.78 is 5.27. The third kappa shape index (κ3) is 2.69. The molecule has 0 amide bonds. The first-order chi connectivity index (χ1) is 8.29. The lowest BCUT2D eigenvalue weighted by atomic mass is 9.82. The highest BCUT2D eigenvalue weighted by Gasteiger charge is 2.32. The summed E-state index contributed by atoms with van der Waals surface area (Å²) >= 11 is 0. The maximum atomic E-state index is 9.64. The molecule has 1 aromatic heterocycles. The number of methoxy groups -OCH3 is 1. The van der Waals surface area contributed by atoms with Crippen molar-refractivity contribution in [2.24, 2.45) is 0 Å². The van der Waals surface area contributed by atoms with E-state index in [9.17, 15) is 5.11 Å². The number of nitrogens with one attached hydrogen (secondary N) is 1. The highest BCUT2D eigenvalue weighted by atomic mass is 16.5. The van der Waals surface area contributed by atoms with Gasteiger partial charge < -0.3 is 15.2 Å². The Kier molecular flexibility index (Phi) is 3.84. The number of hydrogen-bond donors (Lipinski definition) is 2. The third-order valence-electron chi connectivity index (χ3n) is 3.49. The van der Waals surface area contributed by atoms with Gasteiger partial charge in [-0.05, 0) is 25.0 Å². The lowest BCUT2D eigenvalue weighted by molar-refractivity contribution is 0.172. The Morgan fingerprint density at radius 2 is 2.18 bits per heavy atom. The van der Waals surface area contributed by atoms with Crippen LogP contribution in [-0.4, -0.2) is 29.3 Å². The van der Waals surface area contributed by atoms with Gasteiger partial charge in [0.05, 0.1) is 19.3 Å². The molecule has 0 spiro atoms. The van der Waals surface area contributed by atoms with Crippen LogP contribution in [0.2, 0.25) is 0 Å². The molecule has 1 aliphatic rings. The van der Waals surface area contributed by atoms with Gasteiger partial charge in [0.1, 0.15) is 0 Å². The van der Waals surface area contributed by atoms with Crippen molar-refractivity contribution in [3.05, 3.63) is 18.3 Å². The monoisotopic (exact) mass is 236 g/mol. The number of pyridine rings is 1. The maximum Gasteiger partial charge on any atom is 0.169 e. The quantitative estimate of drug-likeness (QED) is 0.841. The molecule has 0 unspecified atom stereocenters. The standard InChI is InChI=1S/C13H20N2O2/c1-17-11-6-5-9-14-12(11)15-13(10-16)7-3-2-4-8-13/h5-6,9,16H,2-4,7-8,10H2,1H3,(H,14,15). The zero-order valence-corrected chi connectivity index (χ0v) is 10.3. The van der Waals surface area contributed by atoms with Crippen LogP contribution in [0.4, 0.5) is 5.82 Å². The molecule has 2 rings (SSSR count). The summed E-state index contributed by atoms with van der Waals surface area (Å²) in [6.45, 7) is 0.146. The van der Waals surface area contributed by atoms with E-state index in [1.807, 2.05) is 12.1 Å². The number of anilines is 1. The van der Waals surface area contributed by atoms with E-state index in [1.54, 1.807) is 13.3 Å². The number of hydrogen-bond acceptors (Lipinski definition) is 4. The number of rotatable bonds is 4. The Hall–Kier alpha value is -1.29. The van der Waals surface area contributed by atoms with E-state index in [-0.39, 0.29) is 12.1 Å². The third-order valence-corrected chi connectivity index (χ3v) is 3.49. The molecular formula is C13H20N2O2. The van der Waals surface area contributed by atoms with Gasteiger partial charge in [0, 0.05) is 6.20 Å². The summed E-state index contributed by atoms with van der Waals surface area (Å²) in [5.41, 5.74) is -0.222. The fourth-order valence-electron chi connectivity index (χ4n) is 2.45. The second kappa shape index (κ2) is 5.36. The lowest BCUT2D eigenvalue weighted by Crippen LogP contribution is -2.44. The predicted octanol–water partition coefficient (Wildman–Crippen LogP) is 2.20. The highest BCUT2D eigenvalue weighted by molar-refractivity contribution is 5.51. The second-order valence-electron chi connectivity index (χ2n) is 4.68. The summed E-state index contributed by atoms with van der Waals surface area (Å²) in [5, 5.41) is 13.0. The molecule has 1 heterocycles. The molecule has 0 saturated heterocycles. The summed E-state index contributed by atoms with van der Waals surface area (Å²) in [7, 11) is 1.63. The molecule has 0 aliphatic heterocycles. The van der Waals surface area contributed by atoms with E-state index in [2.05, 4.69) is 10.3 Å². The molecule has 1 saturated carbocycles. The van der Waals surface area contributed by atoms with Crippen LogP contribution in [0.5, 0.6) is 5.75 Å². The van der Waals surface area contributed by atoms with Crippen molar-refractivity contribution in [1.29, 1.82) is 0 Å². The van der Waals surface area contributed by atoms with Crippen molar-refractivity contribution in [2.75, 3.05) is 19.0 Å². The van der Waals surface area contributed by atoms with E-state index < -0.39 is 0 Å². The van der Waals surface area contributed by atoms with E-state index >= 15 is 0 Å². The summed E-state index contributed by atoms with van der Waals surface area (Å²) in [5.74, 6) is 1.46. The van der Waals surface area contributed by atoms with Gasteiger partial charge in [0.25, 0.3) is 0 Å². The first-order valence-corrected chi connectivity index (χ1v) is 6.18. The first kappa shape index (κ1) is 12.2. The average Bonchev–Trinajstić information content (AvgIpc) is 2.40. The summed E-state index contributed by atoms with van der Waals surface area (Å²) in [6.07, 6.45) is 7.28. The van der Waals surface area contributed by atoms with Crippen molar-refractivity contribution >= 4 is 5.82 Å². The maximum absolute atomic E-state index is 9.64. The van der Waals surface area contributed by atoms with Crippen LogP contribution in [0.1, 0.15) is 32.1 Å². The van der Waals surface area contributed by atoms with Gasteiger partial charge in [-0.25, -0.2) is 4.98 Å². The highest BCUT2D eigenvalue weighted by Crippen LogP contribution is 2.33. The summed E-state index contributed by atoms with van der Waals surface area (Å²) in [4.78, 5) is 4.29. The van der Waals surface area contributed by atoms with Crippen LogP contribution in [0, 0.1) is 0 Å². The molecular weight excluding hydrogens is 216 g/mol. The molecule has 4 heteroatoms. The number of ether oxygens (including phenoxy) is 1. The fourth-order valence-corrected chi connectivity index (χ4v) is 2.45. The van der Waals surface area contributed by atoms with Gasteiger partial charge in [0.2, 0.25) is 0 Å². The topological polar surface area (TPSA) is 54.4 Å². The predicted molar refractivity (Wildman–Crippen MR) is 67.3 cm³/mol. The van der Waals surface area contributed by atoms with E-state index in [0.717, 1.165) is 37.3 Å². The number of aliphatic hydroxyl groups is 1. The lowest BCUT2D eigenvalue weighted by Gasteiger charge is -2.37. The van der Waals surface area contributed by atoms with Crippen molar-refractivity contribution < 1.29 is 9.84 Å². The van der Waals surface area contributed by atoms with Gasteiger partial charge in [-0.15, -0.1) is 0 Å². The molecule has 2 N–H and O–H groups in total.